The molecule has 0 unspecified atom stereocenters. The Balaban J connectivity index is 1.66. The molecule has 0 amide bonds. The SMILES string of the molecule is CCNCCCCN(Cc1ccco1)C1CC1. The Kier molecular flexibility index (Phi) is 5.08. The summed E-state index contributed by atoms with van der Waals surface area (Å²) in [6.45, 7) is 6.58. The highest BCUT2D eigenvalue weighted by Crippen LogP contribution is 2.28. The largest absolute Gasteiger partial charge is 0.468 e. The summed E-state index contributed by atoms with van der Waals surface area (Å²) in [6, 6.07) is 4.87. The van der Waals surface area contributed by atoms with E-state index in [0.29, 0.717) is 0 Å². The molecule has 0 bridgehead atoms. The molecule has 1 saturated carbocycles. The van der Waals surface area contributed by atoms with Crippen LogP contribution in [-0.4, -0.2) is 30.6 Å². The average Bonchev–Trinajstić information content (AvgIpc) is 3.06. The zero-order chi connectivity index (χ0) is 11.9. The molecule has 1 aliphatic carbocycles. The van der Waals surface area contributed by atoms with E-state index < -0.39 is 0 Å². The Morgan fingerprint density at radius 2 is 2.29 bits per heavy atom. The van der Waals surface area contributed by atoms with E-state index in [-0.39, 0.29) is 0 Å². The number of furan rings is 1. The molecule has 1 aromatic rings. The van der Waals surface area contributed by atoms with E-state index in [9.17, 15) is 0 Å². The maximum atomic E-state index is 5.43. The fraction of sp³-hybridized carbons (Fsp3) is 0.714. The molecule has 17 heavy (non-hydrogen) atoms. The molecule has 1 fully saturated rings. The highest BCUT2D eigenvalue weighted by molar-refractivity contribution is 4.99. The molecule has 0 saturated heterocycles. The molecule has 3 heteroatoms. The first-order valence-corrected chi connectivity index (χ1v) is 6.87. The van der Waals surface area contributed by atoms with Crippen molar-refractivity contribution < 1.29 is 4.42 Å². The van der Waals surface area contributed by atoms with Gasteiger partial charge < -0.3 is 9.73 Å². The van der Waals surface area contributed by atoms with Gasteiger partial charge >= 0.3 is 0 Å². The Morgan fingerprint density at radius 1 is 1.41 bits per heavy atom. The lowest BCUT2D eigenvalue weighted by molar-refractivity contribution is 0.229. The van der Waals surface area contributed by atoms with Gasteiger partial charge in [-0.05, 0) is 57.5 Å². The van der Waals surface area contributed by atoms with E-state index >= 15 is 0 Å². The molecule has 1 N–H and O–H groups in total. The lowest BCUT2D eigenvalue weighted by Gasteiger charge is -2.20. The van der Waals surface area contributed by atoms with Crippen molar-refractivity contribution in [2.75, 3.05) is 19.6 Å². The van der Waals surface area contributed by atoms with Crippen molar-refractivity contribution in [1.29, 1.82) is 0 Å². The summed E-state index contributed by atoms with van der Waals surface area (Å²) in [5, 5.41) is 3.38. The van der Waals surface area contributed by atoms with Gasteiger partial charge in [0.1, 0.15) is 5.76 Å². The van der Waals surface area contributed by atoms with Gasteiger partial charge in [-0.25, -0.2) is 0 Å². The van der Waals surface area contributed by atoms with Crippen LogP contribution in [0.25, 0.3) is 0 Å². The molecule has 0 aliphatic heterocycles. The third-order valence-electron chi connectivity index (χ3n) is 3.30. The van der Waals surface area contributed by atoms with Crippen LogP contribution in [0, 0.1) is 0 Å². The lowest BCUT2D eigenvalue weighted by atomic mass is 10.2. The second-order valence-electron chi connectivity index (χ2n) is 4.84. The van der Waals surface area contributed by atoms with Crippen molar-refractivity contribution in [2.45, 2.75) is 45.2 Å². The van der Waals surface area contributed by atoms with Gasteiger partial charge in [0, 0.05) is 6.04 Å². The van der Waals surface area contributed by atoms with Crippen LogP contribution in [0.15, 0.2) is 22.8 Å². The van der Waals surface area contributed by atoms with E-state index in [0.717, 1.165) is 31.4 Å². The van der Waals surface area contributed by atoms with Gasteiger partial charge in [0.05, 0.1) is 12.8 Å². The van der Waals surface area contributed by atoms with E-state index in [4.69, 9.17) is 4.42 Å². The number of hydrogen-bond donors (Lipinski definition) is 1. The van der Waals surface area contributed by atoms with Crippen molar-refractivity contribution in [3.8, 4) is 0 Å². The van der Waals surface area contributed by atoms with Crippen LogP contribution in [0.3, 0.4) is 0 Å². The Hall–Kier alpha value is -0.800. The molecule has 2 rings (SSSR count). The van der Waals surface area contributed by atoms with Crippen molar-refractivity contribution in [3.63, 3.8) is 0 Å². The standard InChI is InChI=1S/C14H24N2O/c1-2-15-9-3-4-10-16(13-7-8-13)12-14-6-5-11-17-14/h5-6,11,13,15H,2-4,7-10,12H2,1H3. The summed E-state index contributed by atoms with van der Waals surface area (Å²) >= 11 is 0. The van der Waals surface area contributed by atoms with Crippen LogP contribution in [0.5, 0.6) is 0 Å². The maximum absolute atomic E-state index is 5.43. The van der Waals surface area contributed by atoms with Crippen LogP contribution in [-0.2, 0) is 6.54 Å². The van der Waals surface area contributed by atoms with Gasteiger partial charge in [-0.3, -0.25) is 4.90 Å². The highest BCUT2D eigenvalue weighted by Gasteiger charge is 2.28. The predicted molar refractivity (Wildman–Crippen MR) is 69.9 cm³/mol. The quantitative estimate of drug-likeness (QED) is 0.668. The number of nitrogens with zero attached hydrogens (tertiary/aromatic N) is 1. The Labute approximate surface area is 104 Å². The lowest BCUT2D eigenvalue weighted by Crippen LogP contribution is -2.27. The third kappa shape index (κ3) is 4.52. The fourth-order valence-corrected chi connectivity index (χ4v) is 2.17. The predicted octanol–water partition coefficient (Wildman–Crippen LogP) is 2.63. The van der Waals surface area contributed by atoms with Crippen molar-refractivity contribution in [3.05, 3.63) is 24.2 Å². The van der Waals surface area contributed by atoms with Gasteiger partial charge in [0.25, 0.3) is 0 Å². The van der Waals surface area contributed by atoms with Gasteiger partial charge in [0.2, 0.25) is 0 Å². The third-order valence-corrected chi connectivity index (χ3v) is 3.30. The molecule has 1 aliphatic rings. The first-order valence-electron chi connectivity index (χ1n) is 6.87. The molecule has 1 heterocycles. The van der Waals surface area contributed by atoms with Gasteiger partial charge in [-0.2, -0.15) is 0 Å². The number of hydrogen-bond acceptors (Lipinski definition) is 3. The second-order valence-corrected chi connectivity index (χ2v) is 4.84. The van der Waals surface area contributed by atoms with Crippen LogP contribution < -0.4 is 5.32 Å². The minimum atomic E-state index is 0.819. The van der Waals surface area contributed by atoms with E-state index in [1.807, 2.05) is 6.07 Å². The van der Waals surface area contributed by atoms with Crippen LogP contribution in [0.4, 0.5) is 0 Å². The fourth-order valence-electron chi connectivity index (χ4n) is 2.17. The summed E-state index contributed by atoms with van der Waals surface area (Å²) in [7, 11) is 0. The molecule has 0 atom stereocenters. The smallest absolute Gasteiger partial charge is 0.117 e. The maximum Gasteiger partial charge on any atom is 0.117 e. The molecule has 0 spiro atoms. The van der Waals surface area contributed by atoms with Gasteiger partial charge in [-0.15, -0.1) is 0 Å². The second kappa shape index (κ2) is 6.82. The van der Waals surface area contributed by atoms with Crippen LogP contribution in [0.2, 0.25) is 0 Å². The summed E-state index contributed by atoms with van der Waals surface area (Å²) < 4.78 is 5.43. The van der Waals surface area contributed by atoms with E-state index in [1.54, 1.807) is 6.26 Å². The summed E-state index contributed by atoms with van der Waals surface area (Å²) in [5.74, 6) is 1.10. The zero-order valence-electron chi connectivity index (χ0n) is 10.8. The first kappa shape index (κ1) is 12.7. The number of nitrogens with one attached hydrogen (secondary N) is 1. The van der Waals surface area contributed by atoms with Gasteiger partial charge in [-0.1, -0.05) is 6.92 Å². The van der Waals surface area contributed by atoms with Crippen molar-refractivity contribution >= 4 is 0 Å². The number of rotatable bonds is 9. The summed E-state index contributed by atoms with van der Waals surface area (Å²) in [6.07, 6.45) is 7.06. The molecule has 96 valence electrons. The van der Waals surface area contributed by atoms with Crippen molar-refractivity contribution in [2.24, 2.45) is 0 Å². The molecular weight excluding hydrogens is 212 g/mol. The molecular formula is C14H24N2O. The summed E-state index contributed by atoms with van der Waals surface area (Å²) in [5.41, 5.74) is 0. The molecule has 0 aromatic carbocycles. The molecule has 0 radical (unpaired) electrons. The number of unbranched alkanes of at least 4 members (excludes halogenated alkanes) is 1. The van der Waals surface area contributed by atoms with Crippen molar-refractivity contribution in [1.82, 2.24) is 10.2 Å². The minimum absolute atomic E-state index is 0.819. The molecule has 1 aromatic heterocycles. The topological polar surface area (TPSA) is 28.4 Å². The Bertz CT molecular complexity index is 293. The molecule has 3 nitrogen and oxygen atoms in total. The van der Waals surface area contributed by atoms with E-state index in [2.05, 4.69) is 23.2 Å². The monoisotopic (exact) mass is 236 g/mol. The normalized spacial score (nSPS) is 15.6. The first-order chi connectivity index (χ1) is 8.40. The Morgan fingerprint density at radius 3 is 2.94 bits per heavy atom. The minimum Gasteiger partial charge on any atom is -0.468 e. The zero-order valence-corrected chi connectivity index (χ0v) is 10.8. The average molecular weight is 236 g/mol. The van der Waals surface area contributed by atoms with Gasteiger partial charge in [0.15, 0.2) is 0 Å². The highest BCUT2D eigenvalue weighted by atomic mass is 16.3. The summed E-state index contributed by atoms with van der Waals surface area (Å²) in [4.78, 5) is 2.57. The van der Waals surface area contributed by atoms with Crippen LogP contribution >= 0.6 is 0 Å². The van der Waals surface area contributed by atoms with E-state index in [1.165, 1.54) is 32.2 Å². The van der Waals surface area contributed by atoms with Crippen LogP contribution in [0.1, 0.15) is 38.4 Å².